The monoisotopic (exact) mass is 271 g/mol. The van der Waals surface area contributed by atoms with Crippen LogP contribution < -0.4 is 5.73 Å². The summed E-state index contributed by atoms with van der Waals surface area (Å²) in [5.41, 5.74) is 7.49. The van der Waals surface area contributed by atoms with Gasteiger partial charge in [-0.15, -0.1) is 11.8 Å². The molecule has 0 saturated heterocycles. The standard InChI is InChI=1S/C11H14BrNS/c1-14-10-4-3-8(7-9(10)12)11(13)5-2-6-11/h3-4,7H,2,5-6,13H2,1H3. The Kier molecular flexibility index (Phi) is 2.91. The second-order valence-electron chi connectivity index (χ2n) is 3.86. The lowest BCUT2D eigenvalue weighted by atomic mass is 9.73. The topological polar surface area (TPSA) is 26.0 Å². The first-order valence-electron chi connectivity index (χ1n) is 4.79. The Morgan fingerprint density at radius 2 is 2.14 bits per heavy atom. The van der Waals surface area contributed by atoms with Gasteiger partial charge in [0.1, 0.15) is 0 Å². The first-order valence-corrected chi connectivity index (χ1v) is 6.80. The number of hydrogen-bond donors (Lipinski definition) is 1. The average molecular weight is 272 g/mol. The van der Waals surface area contributed by atoms with E-state index in [9.17, 15) is 0 Å². The van der Waals surface area contributed by atoms with Crippen LogP contribution in [-0.4, -0.2) is 6.26 Å². The van der Waals surface area contributed by atoms with Crippen molar-refractivity contribution in [1.29, 1.82) is 0 Å². The summed E-state index contributed by atoms with van der Waals surface area (Å²) in [6.07, 6.45) is 5.59. The molecule has 2 N–H and O–H groups in total. The SMILES string of the molecule is CSc1ccc(C2(N)CCC2)cc1Br. The van der Waals surface area contributed by atoms with E-state index >= 15 is 0 Å². The Morgan fingerprint density at radius 3 is 2.57 bits per heavy atom. The highest BCUT2D eigenvalue weighted by atomic mass is 79.9. The third kappa shape index (κ3) is 1.73. The zero-order chi connectivity index (χ0) is 10.2. The van der Waals surface area contributed by atoms with Gasteiger partial charge in [0.15, 0.2) is 0 Å². The van der Waals surface area contributed by atoms with E-state index < -0.39 is 0 Å². The number of rotatable bonds is 2. The van der Waals surface area contributed by atoms with Crippen molar-refractivity contribution in [2.45, 2.75) is 29.7 Å². The molecule has 14 heavy (non-hydrogen) atoms. The van der Waals surface area contributed by atoms with Gasteiger partial charge in [0, 0.05) is 14.9 Å². The molecule has 0 aromatic heterocycles. The number of benzene rings is 1. The summed E-state index contributed by atoms with van der Waals surface area (Å²) >= 11 is 5.33. The molecule has 0 atom stereocenters. The average Bonchev–Trinajstić information content (AvgIpc) is 2.14. The summed E-state index contributed by atoms with van der Waals surface area (Å²) in [6, 6.07) is 6.48. The van der Waals surface area contributed by atoms with Crippen molar-refractivity contribution in [3.63, 3.8) is 0 Å². The van der Waals surface area contributed by atoms with Crippen LogP contribution in [0.25, 0.3) is 0 Å². The summed E-state index contributed by atoms with van der Waals surface area (Å²) in [5, 5.41) is 0. The van der Waals surface area contributed by atoms with Gasteiger partial charge in [-0.1, -0.05) is 6.07 Å². The van der Waals surface area contributed by atoms with Crippen molar-refractivity contribution in [2.75, 3.05) is 6.26 Å². The van der Waals surface area contributed by atoms with E-state index in [1.165, 1.54) is 21.4 Å². The van der Waals surface area contributed by atoms with Gasteiger partial charge >= 0.3 is 0 Å². The van der Waals surface area contributed by atoms with Crippen LogP contribution in [0.5, 0.6) is 0 Å². The molecule has 0 aliphatic heterocycles. The summed E-state index contributed by atoms with van der Waals surface area (Å²) in [5.74, 6) is 0. The van der Waals surface area contributed by atoms with Crippen molar-refractivity contribution in [3.8, 4) is 0 Å². The number of halogens is 1. The lowest BCUT2D eigenvalue weighted by molar-refractivity contribution is 0.253. The first-order chi connectivity index (χ1) is 6.65. The molecule has 1 fully saturated rings. The fraction of sp³-hybridized carbons (Fsp3) is 0.455. The van der Waals surface area contributed by atoms with Crippen LogP contribution in [-0.2, 0) is 5.54 Å². The van der Waals surface area contributed by atoms with E-state index in [2.05, 4.69) is 40.4 Å². The molecule has 1 aromatic carbocycles. The van der Waals surface area contributed by atoms with Gasteiger partial charge < -0.3 is 5.73 Å². The second kappa shape index (κ2) is 3.87. The van der Waals surface area contributed by atoms with Gasteiger partial charge in [-0.3, -0.25) is 0 Å². The third-order valence-electron chi connectivity index (χ3n) is 2.97. The minimum Gasteiger partial charge on any atom is -0.321 e. The van der Waals surface area contributed by atoms with Gasteiger partial charge in [0.25, 0.3) is 0 Å². The Morgan fingerprint density at radius 1 is 1.43 bits per heavy atom. The molecule has 1 aliphatic carbocycles. The van der Waals surface area contributed by atoms with Gasteiger partial charge in [0.2, 0.25) is 0 Å². The normalized spacial score (nSPS) is 19.1. The zero-order valence-electron chi connectivity index (χ0n) is 8.22. The minimum atomic E-state index is -0.0422. The fourth-order valence-corrected chi connectivity index (χ4v) is 3.14. The van der Waals surface area contributed by atoms with Crippen molar-refractivity contribution < 1.29 is 0 Å². The predicted octanol–water partition coefficient (Wildman–Crippen LogP) is 3.51. The molecule has 0 radical (unpaired) electrons. The van der Waals surface area contributed by atoms with Crippen molar-refractivity contribution >= 4 is 27.7 Å². The Hall–Kier alpha value is 0.01000. The molecule has 0 unspecified atom stereocenters. The van der Waals surface area contributed by atoms with E-state index in [1.807, 2.05) is 0 Å². The Balaban J connectivity index is 2.32. The fourth-order valence-electron chi connectivity index (χ4n) is 1.82. The molecular formula is C11H14BrNS. The summed E-state index contributed by atoms with van der Waals surface area (Å²) < 4.78 is 1.17. The van der Waals surface area contributed by atoms with Gasteiger partial charge in [-0.2, -0.15) is 0 Å². The molecule has 1 aromatic rings. The molecule has 0 bridgehead atoms. The Labute approximate surface area is 97.6 Å². The summed E-state index contributed by atoms with van der Waals surface area (Å²) in [7, 11) is 0. The van der Waals surface area contributed by atoms with Crippen LogP contribution in [0.15, 0.2) is 27.6 Å². The third-order valence-corrected chi connectivity index (χ3v) is 4.69. The summed E-state index contributed by atoms with van der Waals surface area (Å²) in [4.78, 5) is 1.27. The highest BCUT2D eigenvalue weighted by Crippen LogP contribution is 2.40. The van der Waals surface area contributed by atoms with E-state index in [-0.39, 0.29) is 5.54 Å². The predicted molar refractivity (Wildman–Crippen MR) is 65.6 cm³/mol. The van der Waals surface area contributed by atoms with Crippen molar-refractivity contribution in [1.82, 2.24) is 0 Å². The van der Waals surface area contributed by atoms with E-state index in [0.29, 0.717) is 0 Å². The maximum atomic E-state index is 6.26. The molecular weight excluding hydrogens is 258 g/mol. The van der Waals surface area contributed by atoms with Gasteiger partial charge in [-0.25, -0.2) is 0 Å². The van der Waals surface area contributed by atoms with Crippen LogP contribution in [0.1, 0.15) is 24.8 Å². The molecule has 0 heterocycles. The lowest BCUT2D eigenvalue weighted by Gasteiger charge is -2.38. The van der Waals surface area contributed by atoms with Crippen molar-refractivity contribution in [2.24, 2.45) is 5.73 Å². The Bertz CT molecular complexity index is 347. The molecule has 76 valence electrons. The smallest absolute Gasteiger partial charge is 0.0410 e. The maximum Gasteiger partial charge on any atom is 0.0410 e. The molecule has 1 aliphatic rings. The molecule has 0 spiro atoms. The van der Waals surface area contributed by atoms with Crippen LogP contribution in [0.4, 0.5) is 0 Å². The minimum absolute atomic E-state index is 0.0422. The second-order valence-corrected chi connectivity index (χ2v) is 5.56. The van der Waals surface area contributed by atoms with Crippen LogP contribution in [0.2, 0.25) is 0 Å². The largest absolute Gasteiger partial charge is 0.321 e. The maximum absolute atomic E-state index is 6.26. The highest BCUT2D eigenvalue weighted by molar-refractivity contribution is 9.10. The number of nitrogens with two attached hydrogens (primary N) is 1. The lowest BCUT2D eigenvalue weighted by Crippen LogP contribution is -2.43. The molecule has 0 amide bonds. The van der Waals surface area contributed by atoms with E-state index in [4.69, 9.17) is 5.73 Å². The molecule has 1 nitrogen and oxygen atoms in total. The van der Waals surface area contributed by atoms with E-state index in [1.54, 1.807) is 11.8 Å². The van der Waals surface area contributed by atoms with Crippen LogP contribution in [0.3, 0.4) is 0 Å². The molecule has 3 heteroatoms. The van der Waals surface area contributed by atoms with Crippen LogP contribution in [0, 0.1) is 0 Å². The molecule has 1 saturated carbocycles. The first kappa shape index (κ1) is 10.5. The molecule has 2 rings (SSSR count). The zero-order valence-corrected chi connectivity index (χ0v) is 10.6. The van der Waals surface area contributed by atoms with Gasteiger partial charge in [-0.05, 0) is 59.1 Å². The number of thioether (sulfide) groups is 1. The summed E-state index contributed by atoms with van der Waals surface area (Å²) in [6.45, 7) is 0. The highest BCUT2D eigenvalue weighted by Gasteiger charge is 2.34. The van der Waals surface area contributed by atoms with Crippen molar-refractivity contribution in [3.05, 3.63) is 28.2 Å². The van der Waals surface area contributed by atoms with E-state index in [0.717, 1.165) is 12.8 Å². The number of hydrogen-bond acceptors (Lipinski definition) is 2. The van der Waals surface area contributed by atoms with Gasteiger partial charge in [0.05, 0.1) is 0 Å². The van der Waals surface area contributed by atoms with Crippen LogP contribution >= 0.6 is 27.7 Å². The quantitative estimate of drug-likeness (QED) is 0.834.